The highest BCUT2D eigenvalue weighted by Crippen LogP contribution is 2.23. The first-order valence-electron chi connectivity index (χ1n) is 5.69. The van der Waals surface area contributed by atoms with Gasteiger partial charge in [-0.1, -0.05) is 0 Å². The summed E-state index contributed by atoms with van der Waals surface area (Å²) in [7, 11) is 0. The van der Waals surface area contributed by atoms with Gasteiger partial charge in [0, 0.05) is 24.4 Å². The van der Waals surface area contributed by atoms with Crippen LogP contribution in [0.4, 0.5) is 4.39 Å². The molecule has 0 amide bonds. The molecule has 0 fully saturated rings. The van der Waals surface area contributed by atoms with E-state index in [2.05, 4.69) is 4.98 Å². The summed E-state index contributed by atoms with van der Waals surface area (Å²) in [6.45, 7) is 1.85. The summed E-state index contributed by atoms with van der Waals surface area (Å²) in [5, 5.41) is 8.64. The van der Waals surface area contributed by atoms with Crippen LogP contribution >= 0.6 is 0 Å². The SMILES string of the molecule is C[C@@H](N)c1ccnc(Oc2ccc(C#N)c(F)c2)c1. The zero-order valence-electron chi connectivity index (χ0n) is 10.3. The number of nitriles is 1. The average molecular weight is 257 g/mol. The van der Waals surface area contributed by atoms with Crippen LogP contribution in [0.3, 0.4) is 0 Å². The quantitative estimate of drug-likeness (QED) is 0.917. The fourth-order valence-corrected chi connectivity index (χ4v) is 1.53. The van der Waals surface area contributed by atoms with Gasteiger partial charge in [-0.25, -0.2) is 9.37 Å². The predicted molar refractivity (Wildman–Crippen MR) is 68.0 cm³/mol. The summed E-state index contributed by atoms with van der Waals surface area (Å²) >= 11 is 0. The van der Waals surface area contributed by atoms with Gasteiger partial charge in [0.1, 0.15) is 17.6 Å². The second-order valence-corrected chi connectivity index (χ2v) is 4.07. The van der Waals surface area contributed by atoms with E-state index in [9.17, 15) is 4.39 Å². The van der Waals surface area contributed by atoms with Gasteiger partial charge in [-0.05, 0) is 30.7 Å². The largest absolute Gasteiger partial charge is 0.439 e. The summed E-state index contributed by atoms with van der Waals surface area (Å²) in [5.74, 6) is -0.00641. The topological polar surface area (TPSA) is 71.9 Å². The lowest BCUT2D eigenvalue weighted by Crippen LogP contribution is -2.05. The Morgan fingerprint density at radius 2 is 2.16 bits per heavy atom. The molecule has 4 nitrogen and oxygen atoms in total. The highest BCUT2D eigenvalue weighted by Gasteiger charge is 2.06. The first-order valence-corrected chi connectivity index (χ1v) is 5.69. The molecule has 0 radical (unpaired) electrons. The van der Waals surface area contributed by atoms with Crippen LogP contribution in [0.15, 0.2) is 36.5 Å². The Balaban J connectivity index is 2.24. The van der Waals surface area contributed by atoms with Crippen LogP contribution in [0.5, 0.6) is 11.6 Å². The van der Waals surface area contributed by atoms with Crippen molar-refractivity contribution in [1.29, 1.82) is 5.26 Å². The van der Waals surface area contributed by atoms with Crippen molar-refractivity contribution in [2.75, 3.05) is 0 Å². The molecular weight excluding hydrogens is 245 g/mol. The number of aromatic nitrogens is 1. The maximum Gasteiger partial charge on any atom is 0.219 e. The third kappa shape index (κ3) is 3.06. The molecule has 5 heteroatoms. The molecule has 96 valence electrons. The van der Waals surface area contributed by atoms with Crippen LogP contribution in [0.2, 0.25) is 0 Å². The van der Waals surface area contributed by atoms with Crippen LogP contribution in [0.25, 0.3) is 0 Å². The lowest BCUT2D eigenvalue weighted by molar-refractivity contribution is 0.456. The van der Waals surface area contributed by atoms with E-state index in [1.165, 1.54) is 12.1 Å². The lowest BCUT2D eigenvalue weighted by Gasteiger charge is -2.08. The minimum Gasteiger partial charge on any atom is -0.439 e. The molecule has 1 aromatic carbocycles. The van der Waals surface area contributed by atoms with Gasteiger partial charge in [0.05, 0.1) is 5.56 Å². The Hall–Kier alpha value is -2.45. The molecule has 0 aliphatic rings. The molecule has 0 saturated carbocycles. The van der Waals surface area contributed by atoms with Crippen molar-refractivity contribution in [3.63, 3.8) is 0 Å². The number of ether oxygens (including phenoxy) is 1. The number of nitrogens with two attached hydrogens (primary N) is 1. The highest BCUT2D eigenvalue weighted by atomic mass is 19.1. The zero-order valence-corrected chi connectivity index (χ0v) is 10.3. The van der Waals surface area contributed by atoms with Gasteiger partial charge in [-0.3, -0.25) is 0 Å². The first kappa shape index (κ1) is 13.0. The summed E-state index contributed by atoms with van der Waals surface area (Å²) in [6.07, 6.45) is 1.58. The van der Waals surface area contributed by atoms with Crippen molar-refractivity contribution in [3.8, 4) is 17.7 Å². The molecule has 0 saturated heterocycles. The number of hydrogen-bond donors (Lipinski definition) is 1. The Morgan fingerprint density at radius 1 is 1.37 bits per heavy atom. The van der Waals surface area contributed by atoms with Gasteiger partial charge < -0.3 is 10.5 Å². The van der Waals surface area contributed by atoms with Gasteiger partial charge in [0.25, 0.3) is 0 Å². The van der Waals surface area contributed by atoms with E-state index in [4.69, 9.17) is 15.7 Å². The number of benzene rings is 1. The number of rotatable bonds is 3. The van der Waals surface area contributed by atoms with Crippen LogP contribution in [0.1, 0.15) is 24.1 Å². The zero-order chi connectivity index (χ0) is 13.8. The third-order valence-corrected chi connectivity index (χ3v) is 2.57. The third-order valence-electron chi connectivity index (χ3n) is 2.57. The molecule has 0 aliphatic heterocycles. The monoisotopic (exact) mass is 257 g/mol. The number of hydrogen-bond acceptors (Lipinski definition) is 4. The molecule has 0 unspecified atom stereocenters. The minimum atomic E-state index is -0.622. The summed E-state index contributed by atoms with van der Waals surface area (Å²) in [4.78, 5) is 4.02. The number of pyridine rings is 1. The average Bonchev–Trinajstić information content (AvgIpc) is 2.39. The highest BCUT2D eigenvalue weighted by molar-refractivity contribution is 5.38. The van der Waals surface area contributed by atoms with Gasteiger partial charge >= 0.3 is 0 Å². The molecule has 2 rings (SSSR count). The standard InChI is InChI=1S/C14H12FN3O/c1-9(17)10-4-5-18-14(6-10)19-12-3-2-11(8-16)13(15)7-12/h2-7,9H,17H2,1H3/t9-/m1/s1. The van der Waals surface area contributed by atoms with Crippen molar-refractivity contribution in [2.45, 2.75) is 13.0 Å². The second-order valence-electron chi connectivity index (χ2n) is 4.07. The first-order chi connectivity index (χ1) is 9.10. The summed E-state index contributed by atoms with van der Waals surface area (Å²) in [5.41, 5.74) is 6.61. The Labute approximate surface area is 110 Å². The molecule has 0 aliphatic carbocycles. The van der Waals surface area contributed by atoms with Crippen molar-refractivity contribution < 1.29 is 9.13 Å². The Morgan fingerprint density at radius 3 is 2.79 bits per heavy atom. The van der Waals surface area contributed by atoms with E-state index in [1.807, 2.05) is 6.92 Å². The molecule has 2 N–H and O–H groups in total. The number of halogens is 1. The van der Waals surface area contributed by atoms with Crippen molar-refractivity contribution in [2.24, 2.45) is 5.73 Å². The van der Waals surface area contributed by atoms with Crippen LogP contribution < -0.4 is 10.5 Å². The fraction of sp³-hybridized carbons (Fsp3) is 0.143. The van der Waals surface area contributed by atoms with E-state index in [1.54, 1.807) is 24.4 Å². The van der Waals surface area contributed by atoms with Gasteiger partial charge in [0.15, 0.2) is 0 Å². The molecule has 1 aromatic heterocycles. The molecule has 19 heavy (non-hydrogen) atoms. The summed E-state index contributed by atoms with van der Waals surface area (Å²) in [6, 6.07) is 9.12. The molecule has 0 bridgehead atoms. The minimum absolute atomic E-state index is 0.0235. The number of nitrogens with zero attached hydrogens (tertiary/aromatic N) is 2. The maximum atomic E-state index is 13.4. The van der Waals surface area contributed by atoms with Crippen molar-refractivity contribution in [1.82, 2.24) is 4.98 Å². The normalized spacial score (nSPS) is 11.7. The molecule has 0 spiro atoms. The second kappa shape index (κ2) is 5.46. The van der Waals surface area contributed by atoms with Crippen LogP contribution in [0, 0.1) is 17.1 Å². The Bertz CT molecular complexity index is 635. The van der Waals surface area contributed by atoms with E-state index in [-0.39, 0.29) is 17.4 Å². The van der Waals surface area contributed by atoms with E-state index in [0.717, 1.165) is 11.6 Å². The van der Waals surface area contributed by atoms with E-state index in [0.29, 0.717) is 5.88 Å². The van der Waals surface area contributed by atoms with Crippen molar-refractivity contribution in [3.05, 3.63) is 53.5 Å². The lowest BCUT2D eigenvalue weighted by atomic mass is 10.1. The summed E-state index contributed by atoms with van der Waals surface area (Å²) < 4.78 is 18.9. The van der Waals surface area contributed by atoms with Gasteiger partial charge in [-0.15, -0.1) is 0 Å². The molecular formula is C14H12FN3O. The van der Waals surface area contributed by atoms with E-state index < -0.39 is 5.82 Å². The van der Waals surface area contributed by atoms with Gasteiger partial charge in [0.2, 0.25) is 5.88 Å². The molecule has 2 aromatic rings. The van der Waals surface area contributed by atoms with E-state index >= 15 is 0 Å². The maximum absolute atomic E-state index is 13.4. The Kier molecular flexibility index (Phi) is 3.74. The van der Waals surface area contributed by atoms with Crippen LogP contribution in [-0.2, 0) is 0 Å². The predicted octanol–water partition coefficient (Wildman–Crippen LogP) is 2.90. The van der Waals surface area contributed by atoms with Crippen LogP contribution in [-0.4, -0.2) is 4.98 Å². The smallest absolute Gasteiger partial charge is 0.219 e. The molecule has 1 atom stereocenters. The fourth-order valence-electron chi connectivity index (χ4n) is 1.53. The molecule has 1 heterocycles. The van der Waals surface area contributed by atoms with Crippen molar-refractivity contribution >= 4 is 0 Å². The van der Waals surface area contributed by atoms with Gasteiger partial charge in [-0.2, -0.15) is 5.26 Å².